The Kier molecular flexibility index (Phi) is 7.81. The van der Waals surface area contributed by atoms with Crippen molar-refractivity contribution in [2.75, 3.05) is 28.6 Å². The van der Waals surface area contributed by atoms with E-state index >= 15 is 0 Å². The van der Waals surface area contributed by atoms with Crippen LogP contribution in [0, 0.1) is 6.92 Å². The zero-order valence-electron chi connectivity index (χ0n) is 24.4. The highest BCUT2D eigenvalue weighted by Crippen LogP contribution is 2.45. The van der Waals surface area contributed by atoms with E-state index < -0.39 is 16.9 Å². The molecule has 2 aliphatic heterocycles. The summed E-state index contributed by atoms with van der Waals surface area (Å²) in [6.45, 7) is 14.0. The van der Waals surface area contributed by atoms with Crippen molar-refractivity contribution in [2.45, 2.75) is 78.4 Å². The van der Waals surface area contributed by atoms with Gasteiger partial charge in [0.25, 0.3) is 0 Å². The number of halogens is 2. The van der Waals surface area contributed by atoms with E-state index in [1.54, 1.807) is 13.3 Å². The second-order valence-corrected chi connectivity index (χ2v) is 11.8. The van der Waals surface area contributed by atoms with Gasteiger partial charge in [0.05, 0.1) is 5.69 Å². The Morgan fingerprint density at radius 1 is 1.07 bits per heavy atom. The third-order valence-electron chi connectivity index (χ3n) is 6.55. The largest absolute Gasteiger partial charge is 0.357 e. The summed E-state index contributed by atoms with van der Waals surface area (Å²) in [6, 6.07) is 5.73. The summed E-state index contributed by atoms with van der Waals surface area (Å²) in [5.74, 6) is 1.29. The number of rotatable bonds is 6. The van der Waals surface area contributed by atoms with Crippen molar-refractivity contribution in [2.24, 2.45) is 0 Å². The van der Waals surface area contributed by atoms with Gasteiger partial charge in [-0.25, -0.2) is 28.7 Å². The summed E-state index contributed by atoms with van der Waals surface area (Å²) < 4.78 is 25.9. The molecule has 1 aromatic carbocycles. The Morgan fingerprint density at radius 3 is 2.33 bits per heavy atom. The summed E-state index contributed by atoms with van der Waals surface area (Å²) in [5.41, 5.74) is 1.22. The van der Waals surface area contributed by atoms with E-state index in [4.69, 9.17) is 0 Å². The molecule has 2 unspecified atom stereocenters. The zero-order chi connectivity index (χ0) is 29.5. The quantitative estimate of drug-likeness (QED) is 0.371. The predicted molar refractivity (Wildman–Crippen MR) is 154 cm³/mol. The molecule has 2 atom stereocenters. The van der Waals surface area contributed by atoms with Gasteiger partial charge < -0.3 is 15.5 Å². The molecule has 0 bridgehead atoms. The van der Waals surface area contributed by atoms with Crippen LogP contribution in [0.25, 0.3) is 11.3 Å². The minimum Gasteiger partial charge on any atom is -0.357 e. The van der Waals surface area contributed by atoms with Gasteiger partial charge in [0, 0.05) is 47.9 Å². The van der Waals surface area contributed by atoms with Crippen LogP contribution in [0.4, 0.5) is 26.0 Å². The smallest absolute Gasteiger partial charge is 0.249 e. The van der Waals surface area contributed by atoms with E-state index in [2.05, 4.69) is 47.7 Å². The van der Waals surface area contributed by atoms with E-state index in [1.807, 2.05) is 37.5 Å². The number of amides is 1. The Bertz CT molecular complexity index is 1380. The number of carbonyl (C=O) groups is 1. The zero-order valence-corrected chi connectivity index (χ0v) is 24.4. The van der Waals surface area contributed by atoms with E-state index in [9.17, 15) is 13.6 Å². The molecule has 0 radical (unpaired) electrons. The molecule has 4 heterocycles. The molecule has 1 amide bonds. The molecule has 0 spiro atoms. The number of fused-ring (bicyclic) bond motifs is 2. The van der Waals surface area contributed by atoms with Crippen LogP contribution < -0.4 is 20.9 Å². The number of anilines is 3. The number of nitrogens with one attached hydrogen (secondary N) is 3. The van der Waals surface area contributed by atoms with Crippen LogP contribution in [0.1, 0.15) is 71.6 Å². The first-order chi connectivity index (χ1) is 18.6. The van der Waals surface area contributed by atoms with E-state index in [1.165, 1.54) is 34.6 Å². The number of aromatic nitrogens is 4. The predicted octanol–water partition coefficient (Wildman–Crippen LogP) is 5.45. The summed E-state index contributed by atoms with van der Waals surface area (Å²) in [7, 11) is 0. The van der Waals surface area contributed by atoms with E-state index in [-0.39, 0.29) is 18.6 Å². The van der Waals surface area contributed by atoms with Gasteiger partial charge in [-0.05, 0) is 67.5 Å². The molecular weight excluding hydrogens is 514 g/mol. The van der Waals surface area contributed by atoms with Crippen LogP contribution in [-0.2, 0) is 10.3 Å². The van der Waals surface area contributed by atoms with Crippen molar-refractivity contribution < 1.29 is 13.6 Å². The fraction of sp³-hybridized carbons (Fsp3) is 0.483. The minimum absolute atomic E-state index is 0.0385. The Hall–Kier alpha value is -3.73. The molecule has 0 saturated heterocycles. The number of benzene rings is 1. The average molecular weight is 553 g/mol. The van der Waals surface area contributed by atoms with Crippen molar-refractivity contribution in [3.05, 3.63) is 53.9 Å². The molecule has 2 aliphatic rings. The Labute approximate surface area is 234 Å². The lowest BCUT2D eigenvalue weighted by Crippen LogP contribution is -2.49. The first-order valence-corrected chi connectivity index (χ1v) is 13.4. The fourth-order valence-electron chi connectivity index (χ4n) is 4.57. The summed E-state index contributed by atoms with van der Waals surface area (Å²) >= 11 is 0. The van der Waals surface area contributed by atoms with Gasteiger partial charge in [-0.1, -0.05) is 6.07 Å². The molecule has 0 fully saturated rings. The van der Waals surface area contributed by atoms with Crippen molar-refractivity contribution in [3.8, 4) is 11.3 Å². The molecule has 0 aliphatic carbocycles. The van der Waals surface area contributed by atoms with Crippen LogP contribution in [0.2, 0.25) is 0 Å². The van der Waals surface area contributed by atoms with E-state index in [0.29, 0.717) is 11.5 Å². The van der Waals surface area contributed by atoms with Crippen molar-refractivity contribution in [3.63, 3.8) is 0 Å². The van der Waals surface area contributed by atoms with Gasteiger partial charge in [0.1, 0.15) is 40.9 Å². The fourth-order valence-corrected chi connectivity index (χ4v) is 4.57. The minimum atomic E-state index is -1.46. The highest BCUT2D eigenvalue weighted by Gasteiger charge is 2.44. The number of hydrogen-bond acceptors (Lipinski definition) is 8. The van der Waals surface area contributed by atoms with Gasteiger partial charge in [-0.2, -0.15) is 0 Å². The molecule has 214 valence electrons. The lowest BCUT2D eigenvalue weighted by atomic mass is 9.90. The summed E-state index contributed by atoms with van der Waals surface area (Å²) in [4.78, 5) is 32.8. The van der Waals surface area contributed by atoms with Gasteiger partial charge in [0.2, 0.25) is 5.91 Å². The van der Waals surface area contributed by atoms with Gasteiger partial charge in [0.15, 0.2) is 5.82 Å². The van der Waals surface area contributed by atoms with E-state index in [0.717, 1.165) is 40.4 Å². The molecule has 11 heteroatoms. The number of alkyl halides is 2. The molecule has 3 aromatic rings. The molecule has 2 aromatic heterocycles. The summed E-state index contributed by atoms with van der Waals surface area (Å²) in [6.07, 6.45) is 5.00. The third-order valence-corrected chi connectivity index (χ3v) is 6.55. The van der Waals surface area contributed by atoms with Crippen LogP contribution in [0.15, 0.2) is 36.9 Å². The van der Waals surface area contributed by atoms with Gasteiger partial charge >= 0.3 is 0 Å². The number of hydrogen-bond donors (Lipinski definition) is 3. The Balaban J connectivity index is 0.000000681. The highest BCUT2D eigenvalue weighted by molar-refractivity contribution is 6.06. The monoisotopic (exact) mass is 552 g/mol. The molecule has 9 nitrogen and oxygen atoms in total. The number of aryl methyl sites for hydroxylation is 1. The molecule has 5 rings (SSSR count). The lowest BCUT2D eigenvalue weighted by molar-refractivity contribution is -0.121. The number of nitrogens with zero attached hydrogens (tertiary/aromatic N) is 5. The van der Waals surface area contributed by atoms with Crippen LogP contribution >= 0.6 is 0 Å². The standard InChI is InChI=1S/C25H29FN8O.C4H9F/c1-6-34-21(16-10-27-14(2)28-11-16)33-20-19(29-13-30-22(20)34)15-7-8-18-17(9-15)25(5,23(35)32-18)31-12-24(3,4)26;1-4(2,3)5/h7-11,13,21,31,33H,6,12H2,1-5H3,(H,32,35);1-3H3. The molecular formula is C29H38F2N8O. The molecule has 3 N–H and O–H groups in total. The van der Waals surface area contributed by atoms with Crippen LogP contribution in [-0.4, -0.2) is 50.3 Å². The van der Waals surface area contributed by atoms with Crippen molar-refractivity contribution >= 4 is 23.1 Å². The van der Waals surface area contributed by atoms with Gasteiger partial charge in [-0.3, -0.25) is 10.1 Å². The highest BCUT2D eigenvalue weighted by atomic mass is 19.1. The SMILES string of the molecule is CC(C)(C)F.CCN1c2ncnc(-c3ccc4c(c3)C(C)(NCC(C)(C)F)C(=O)N4)c2NC1c1cnc(C)nc1. The van der Waals surface area contributed by atoms with Crippen LogP contribution in [0.3, 0.4) is 0 Å². The summed E-state index contributed by atoms with van der Waals surface area (Å²) in [5, 5.41) is 9.59. The third kappa shape index (κ3) is 6.19. The van der Waals surface area contributed by atoms with Crippen LogP contribution in [0.5, 0.6) is 0 Å². The Morgan fingerprint density at radius 2 is 1.73 bits per heavy atom. The first kappa shape index (κ1) is 29.3. The maximum atomic E-state index is 14.2. The molecule has 0 saturated carbocycles. The number of carbonyl (C=O) groups excluding carboxylic acids is 1. The average Bonchev–Trinajstić information content (AvgIpc) is 3.36. The second-order valence-electron chi connectivity index (χ2n) is 11.8. The topological polar surface area (TPSA) is 108 Å². The maximum Gasteiger partial charge on any atom is 0.249 e. The van der Waals surface area contributed by atoms with Gasteiger partial charge in [-0.15, -0.1) is 0 Å². The lowest BCUT2D eigenvalue weighted by Gasteiger charge is -2.27. The molecule has 40 heavy (non-hydrogen) atoms. The maximum absolute atomic E-state index is 14.2. The second kappa shape index (κ2) is 10.7. The van der Waals surface area contributed by atoms with Crippen molar-refractivity contribution in [1.82, 2.24) is 25.3 Å². The first-order valence-electron chi connectivity index (χ1n) is 13.4. The van der Waals surface area contributed by atoms with Crippen molar-refractivity contribution in [1.29, 1.82) is 0 Å². The normalized spacial score (nSPS) is 19.8.